The zero-order valence-corrected chi connectivity index (χ0v) is 18.8. The molecule has 1 fully saturated rings. The number of nitrogens with zero attached hydrogens (tertiary/aromatic N) is 1. The molecule has 0 unspecified atom stereocenters. The van der Waals surface area contributed by atoms with E-state index in [0.29, 0.717) is 19.8 Å². The smallest absolute Gasteiger partial charge is 0.374 e. The highest BCUT2D eigenvalue weighted by Gasteiger charge is 2.47. The zero-order chi connectivity index (χ0) is 16.9. The van der Waals surface area contributed by atoms with Crippen molar-refractivity contribution in [2.75, 3.05) is 26.4 Å². The lowest BCUT2D eigenvalue weighted by molar-refractivity contribution is 0.0706. The molecule has 0 aliphatic carbocycles. The fourth-order valence-corrected chi connectivity index (χ4v) is 20.5. The molecular weight excluding hydrogens is 326 g/mol. The Hall–Kier alpha value is 0.491. The molecule has 1 aliphatic rings. The van der Waals surface area contributed by atoms with Crippen molar-refractivity contribution in [1.82, 2.24) is 4.23 Å². The maximum absolute atomic E-state index is 5.98. The minimum atomic E-state index is -2.46. The molecule has 4 nitrogen and oxygen atoms in total. The van der Waals surface area contributed by atoms with Crippen molar-refractivity contribution in [2.24, 2.45) is 0 Å². The quantitative estimate of drug-likeness (QED) is 0.546. The molecule has 0 bridgehead atoms. The first kappa shape index (κ1) is 20.5. The van der Waals surface area contributed by atoms with Crippen molar-refractivity contribution >= 4 is 25.3 Å². The molecule has 22 heavy (non-hydrogen) atoms. The Labute approximate surface area is 141 Å². The Morgan fingerprint density at radius 3 is 1.59 bits per heavy atom. The standard InChI is InChI=1S/C15H37NO3Si3/c1-8-17-22(18-9-2,19-10-3)13-11-12-16-20(4,5)14-15-21(16,6)7/h8-15H2,1-7H3. The summed E-state index contributed by atoms with van der Waals surface area (Å²) in [5, 5.41) is 0. The molecule has 132 valence electrons. The predicted molar refractivity (Wildman–Crippen MR) is 101 cm³/mol. The molecule has 1 rings (SSSR count). The SMILES string of the molecule is CCO[Si](CCCN1[Si](C)(C)CC[Si]1(C)C)(OCC)OCC. The van der Waals surface area contributed by atoms with E-state index < -0.39 is 25.3 Å². The molecule has 0 radical (unpaired) electrons. The Morgan fingerprint density at radius 2 is 1.23 bits per heavy atom. The summed E-state index contributed by atoms with van der Waals surface area (Å²) in [5.74, 6) is 0. The summed E-state index contributed by atoms with van der Waals surface area (Å²) in [6.07, 6.45) is 1.14. The van der Waals surface area contributed by atoms with Gasteiger partial charge in [0, 0.05) is 25.9 Å². The molecule has 7 heteroatoms. The van der Waals surface area contributed by atoms with Crippen LogP contribution in [-0.2, 0) is 13.3 Å². The summed E-state index contributed by atoms with van der Waals surface area (Å²) in [6.45, 7) is 19.5. The van der Waals surface area contributed by atoms with Gasteiger partial charge in [-0.2, -0.15) is 0 Å². The van der Waals surface area contributed by atoms with Crippen LogP contribution in [0.2, 0.25) is 44.3 Å². The Bertz CT molecular complexity index is 307. The summed E-state index contributed by atoms with van der Waals surface area (Å²) in [6, 6.07) is 3.89. The van der Waals surface area contributed by atoms with Gasteiger partial charge in [0.15, 0.2) is 0 Å². The average molecular weight is 364 g/mol. The lowest BCUT2D eigenvalue weighted by Gasteiger charge is -2.39. The van der Waals surface area contributed by atoms with Crippen LogP contribution < -0.4 is 0 Å². The second-order valence-corrected chi connectivity index (χ2v) is 19.9. The number of hydrogen-bond acceptors (Lipinski definition) is 4. The van der Waals surface area contributed by atoms with E-state index in [1.165, 1.54) is 18.6 Å². The highest BCUT2D eigenvalue weighted by Crippen LogP contribution is 2.37. The Balaban J connectivity index is 2.65. The van der Waals surface area contributed by atoms with Gasteiger partial charge in [0.05, 0.1) is 0 Å². The Kier molecular flexibility index (Phi) is 7.98. The van der Waals surface area contributed by atoms with Crippen LogP contribution >= 0.6 is 0 Å². The molecule has 0 aromatic carbocycles. The van der Waals surface area contributed by atoms with Crippen LogP contribution in [0, 0.1) is 0 Å². The van der Waals surface area contributed by atoms with Crippen LogP contribution in [0.25, 0.3) is 0 Å². The summed E-state index contributed by atoms with van der Waals surface area (Å²) >= 11 is 0. The lowest BCUT2D eigenvalue weighted by Crippen LogP contribution is -2.55. The van der Waals surface area contributed by atoms with Gasteiger partial charge < -0.3 is 17.5 Å². The van der Waals surface area contributed by atoms with Gasteiger partial charge in [0.1, 0.15) is 16.5 Å². The van der Waals surface area contributed by atoms with Crippen LogP contribution in [-0.4, -0.2) is 55.9 Å². The molecule has 1 saturated heterocycles. The minimum absolute atomic E-state index is 0.677. The summed E-state index contributed by atoms with van der Waals surface area (Å²) in [4.78, 5) is 0. The number of rotatable bonds is 10. The second kappa shape index (κ2) is 8.55. The number of hydrogen-bond donors (Lipinski definition) is 0. The van der Waals surface area contributed by atoms with E-state index in [9.17, 15) is 0 Å². The van der Waals surface area contributed by atoms with Crippen molar-refractivity contribution in [3.8, 4) is 0 Å². The van der Waals surface area contributed by atoms with Crippen LogP contribution in [0.5, 0.6) is 0 Å². The summed E-state index contributed by atoms with van der Waals surface area (Å²) in [5.41, 5.74) is 0. The van der Waals surface area contributed by atoms with Crippen molar-refractivity contribution in [3.05, 3.63) is 0 Å². The van der Waals surface area contributed by atoms with E-state index in [1.54, 1.807) is 0 Å². The first-order chi connectivity index (χ1) is 10.2. The molecule has 0 amide bonds. The van der Waals surface area contributed by atoms with Gasteiger partial charge in [-0.05, 0) is 45.8 Å². The summed E-state index contributed by atoms with van der Waals surface area (Å²) in [7, 11) is -4.79. The third-order valence-corrected chi connectivity index (χ3v) is 18.4. The fourth-order valence-electron chi connectivity index (χ4n) is 3.76. The van der Waals surface area contributed by atoms with Crippen molar-refractivity contribution in [1.29, 1.82) is 0 Å². The normalized spacial score (nSPS) is 21.4. The molecule has 0 aromatic rings. The molecule has 0 atom stereocenters. The van der Waals surface area contributed by atoms with Gasteiger partial charge >= 0.3 is 8.80 Å². The lowest BCUT2D eigenvalue weighted by atomic mass is 10.5. The highest BCUT2D eigenvalue weighted by atomic mass is 28.4. The maximum Gasteiger partial charge on any atom is 0.500 e. The third-order valence-electron chi connectivity index (χ3n) is 4.77. The third kappa shape index (κ3) is 5.25. The van der Waals surface area contributed by atoms with E-state index >= 15 is 0 Å². The molecule has 0 aromatic heterocycles. The molecular formula is C15H37NO3Si3. The van der Waals surface area contributed by atoms with Gasteiger partial charge in [-0.3, -0.25) is 0 Å². The van der Waals surface area contributed by atoms with Crippen molar-refractivity contribution in [2.45, 2.75) is 71.5 Å². The fraction of sp³-hybridized carbons (Fsp3) is 1.00. The van der Waals surface area contributed by atoms with Gasteiger partial charge in [-0.15, -0.1) is 0 Å². The highest BCUT2D eigenvalue weighted by molar-refractivity contribution is 6.95. The van der Waals surface area contributed by atoms with E-state index in [1.807, 2.05) is 20.8 Å². The molecule has 0 spiro atoms. The Morgan fingerprint density at radius 1 is 0.818 bits per heavy atom. The molecule has 1 aliphatic heterocycles. The van der Waals surface area contributed by atoms with Crippen LogP contribution in [0.4, 0.5) is 0 Å². The molecule has 1 heterocycles. The van der Waals surface area contributed by atoms with Crippen LogP contribution in [0.3, 0.4) is 0 Å². The zero-order valence-electron chi connectivity index (χ0n) is 15.8. The van der Waals surface area contributed by atoms with Crippen molar-refractivity contribution in [3.63, 3.8) is 0 Å². The van der Waals surface area contributed by atoms with E-state index in [-0.39, 0.29) is 0 Å². The van der Waals surface area contributed by atoms with E-state index in [2.05, 4.69) is 30.4 Å². The van der Waals surface area contributed by atoms with E-state index in [4.69, 9.17) is 13.3 Å². The first-order valence-corrected chi connectivity index (χ1v) is 17.2. The second-order valence-electron chi connectivity index (χ2n) is 7.36. The largest absolute Gasteiger partial charge is 0.500 e. The summed E-state index contributed by atoms with van der Waals surface area (Å²) < 4.78 is 20.9. The van der Waals surface area contributed by atoms with Crippen LogP contribution in [0.1, 0.15) is 27.2 Å². The first-order valence-electron chi connectivity index (χ1n) is 8.92. The molecule has 0 N–H and O–H groups in total. The van der Waals surface area contributed by atoms with Gasteiger partial charge in [0.2, 0.25) is 0 Å². The predicted octanol–water partition coefficient (Wildman–Crippen LogP) is 4.15. The van der Waals surface area contributed by atoms with Gasteiger partial charge in [-0.25, -0.2) is 0 Å². The van der Waals surface area contributed by atoms with Crippen LogP contribution in [0.15, 0.2) is 0 Å². The van der Waals surface area contributed by atoms with E-state index in [0.717, 1.165) is 12.5 Å². The van der Waals surface area contributed by atoms with Crippen molar-refractivity contribution < 1.29 is 13.3 Å². The maximum atomic E-state index is 5.98. The topological polar surface area (TPSA) is 30.9 Å². The average Bonchev–Trinajstić information content (AvgIpc) is 2.62. The monoisotopic (exact) mass is 363 g/mol. The molecule has 0 saturated carbocycles. The minimum Gasteiger partial charge on any atom is -0.374 e. The van der Waals surface area contributed by atoms with Gasteiger partial charge in [0.25, 0.3) is 0 Å². The van der Waals surface area contributed by atoms with Gasteiger partial charge in [-0.1, -0.05) is 26.2 Å².